The van der Waals surface area contributed by atoms with E-state index in [-0.39, 0.29) is 0 Å². The first-order valence-electron chi connectivity index (χ1n) is 7.68. The molecule has 20 heavy (non-hydrogen) atoms. The Balaban J connectivity index is 2.19. The number of rotatable bonds is 9. The van der Waals surface area contributed by atoms with Crippen LogP contribution >= 0.6 is 0 Å². The van der Waals surface area contributed by atoms with E-state index in [2.05, 4.69) is 46.9 Å². The molecule has 0 saturated carbocycles. The van der Waals surface area contributed by atoms with Crippen LogP contribution in [0.4, 0.5) is 5.69 Å². The van der Waals surface area contributed by atoms with Crippen LogP contribution in [0.15, 0.2) is 35.3 Å². The van der Waals surface area contributed by atoms with Crippen molar-refractivity contribution in [3.63, 3.8) is 0 Å². The van der Waals surface area contributed by atoms with Gasteiger partial charge >= 0.3 is 0 Å². The Morgan fingerprint density at radius 3 is 2.50 bits per heavy atom. The van der Waals surface area contributed by atoms with E-state index in [9.17, 15) is 0 Å². The summed E-state index contributed by atoms with van der Waals surface area (Å²) in [6, 6.07) is 10.3. The van der Waals surface area contributed by atoms with Gasteiger partial charge in [-0.2, -0.15) is 0 Å². The monoisotopic (exact) mass is 276 g/mol. The van der Waals surface area contributed by atoms with Gasteiger partial charge in [0.05, 0.1) is 0 Å². The number of hydrogen-bond acceptors (Lipinski definition) is 2. The van der Waals surface area contributed by atoms with Gasteiger partial charge in [0.2, 0.25) is 0 Å². The van der Waals surface area contributed by atoms with Crippen LogP contribution < -0.4 is 16.0 Å². The predicted octanol–water partition coefficient (Wildman–Crippen LogP) is 2.84. The summed E-state index contributed by atoms with van der Waals surface area (Å²) in [4.78, 5) is 4.57. The van der Waals surface area contributed by atoms with Crippen molar-refractivity contribution in [3.8, 4) is 0 Å². The third-order valence-electron chi connectivity index (χ3n) is 2.87. The van der Waals surface area contributed by atoms with E-state index in [1.807, 2.05) is 18.2 Å². The maximum atomic E-state index is 4.57. The van der Waals surface area contributed by atoms with Gasteiger partial charge in [0.15, 0.2) is 5.96 Å². The Labute approximate surface area is 123 Å². The molecule has 4 heteroatoms. The maximum absolute atomic E-state index is 4.57. The van der Waals surface area contributed by atoms with Gasteiger partial charge in [-0.05, 0) is 31.9 Å². The van der Waals surface area contributed by atoms with E-state index in [0.717, 1.165) is 38.6 Å². The standard InChI is InChI=1S/C16H28N4/c1-3-5-12-19-16(17-4-2)20-14-9-13-18-15-10-7-6-8-11-15/h6-8,10-11,18H,3-5,9,12-14H2,1-2H3,(H2,17,19,20). The molecular formula is C16H28N4. The van der Waals surface area contributed by atoms with E-state index >= 15 is 0 Å². The van der Waals surface area contributed by atoms with Crippen LogP contribution in [-0.2, 0) is 0 Å². The number of nitrogens with zero attached hydrogens (tertiary/aromatic N) is 1. The predicted molar refractivity (Wildman–Crippen MR) is 88.4 cm³/mol. The fourth-order valence-electron chi connectivity index (χ4n) is 1.78. The molecule has 0 aliphatic carbocycles. The van der Waals surface area contributed by atoms with E-state index < -0.39 is 0 Å². The van der Waals surface area contributed by atoms with E-state index in [4.69, 9.17) is 0 Å². The van der Waals surface area contributed by atoms with Crippen molar-refractivity contribution < 1.29 is 0 Å². The smallest absolute Gasteiger partial charge is 0.191 e. The summed E-state index contributed by atoms with van der Waals surface area (Å²) in [5.74, 6) is 0.931. The summed E-state index contributed by atoms with van der Waals surface area (Å²) in [5, 5.41) is 10.0. The molecule has 0 spiro atoms. The fourth-order valence-corrected chi connectivity index (χ4v) is 1.78. The van der Waals surface area contributed by atoms with Crippen LogP contribution in [0.25, 0.3) is 0 Å². The van der Waals surface area contributed by atoms with Crippen LogP contribution in [0.5, 0.6) is 0 Å². The number of aliphatic imine (C=N–C) groups is 1. The summed E-state index contributed by atoms with van der Waals surface area (Å²) in [6.45, 7) is 7.96. The number of unbranched alkanes of at least 4 members (excludes halogenated alkanes) is 1. The molecule has 0 heterocycles. The lowest BCUT2D eigenvalue weighted by molar-refractivity contribution is 0.727. The highest BCUT2D eigenvalue weighted by atomic mass is 15.2. The zero-order valence-corrected chi connectivity index (χ0v) is 12.8. The third-order valence-corrected chi connectivity index (χ3v) is 2.87. The molecule has 0 aromatic heterocycles. The zero-order valence-electron chi connectivity index (χ0n) is 12.8. The molecule has 0 unspecified atom stereocenters. The van der Waals surface area contributed by atoms with Crippen molar-refractivity contribution in [2.75, 3.05) is 31.5 Å². The van der Waals surface area contributed by atoms with Gasteiger partial charge in [-0.1, -0.05) is 31.5 Å². The quantitative estimate of drug-likeness (QED) is 0.369. The van der Waals surface area contributed by atoms with Gasteiger partial charge in [-0.3, -0.25) is 4.99 Å². The molecule has 0 fully saturated rings. The number of hydrogen-bond donors (Lipinski definition) is 3. The minimum atomic E-state index is 0.835. The molecule has 0 aliphatic rings. The van der Waals surface area contributed by atoms with Gasteiger partial charge in [0.25, 0.3) is 0 Å². The van der Waals surface area contributed by atoms with Crippen molar-refractivity contribution >= 4 is 11.6 Å². The number of anilines is 1. The topological polar surface area (TPSA) is 48.5 Å². The van der Waals surface area contributed by atoms with Crippen molar-refractivity contribution in [3.05, 3.63) is 30.3 Å². The first kappa shape index (κ1) is 16.3. The highest BCUT2D eigenvalue weighted by Crippen LogP contribution is 2.04. The Bertz CT molecular complexity index is 362. The zero-order chi connectivity index (χ0) is 14.5. The van der Waals surface area contributed by atoms with E-state index in [1.54, 1.807) is 0 Å². The van der Waals surface area contributed by atoms with E-state index in [0.29, 0.717) is 0 Å². The Kier molecular flexibility index (Phi) is 9.11. The van der Waals surface area contributed by atoms with Gasteiger partial charge in [0, 0.05) is 31.9 Å². The molecule has 0 atom stereocenters. The lowest BCUT2D eigenvalue weighted by Gasteiger charge is -2.11. The van der Waals surface area contributed by atoms with Crippen molar-refractivity contribution in [1.29, 1.82) is 0 Å². The highest BCUT2D eigenvalue weighted by Gasteiger charge is 1.95. The summed E-state index contributed by atoms with van der Waals surface area (Å²) < 4.78 is 0. The lowest BCUT2D eigenvalue weighted by Crippen LogP contribution is -2.37. The molecule has 112 valence electrons. The van der Waals surface area contributed by atoms with Crippen LogP contribution in [0.1, 0.15) is 33.1 Å². The Morgan fingerprint density at radius 2 is 1.80 bits per heavy atom. The molecule has 1 rings (SSSR count). The van der Waals surface area contributed by atoms with Gasteiger partial charge in [-0.25, -0.2) is 0 Å². The molecule has 0 bridgehead atoms. The normalized spacial score (nSPS) is 11.2. The van der Waals surface area contributed by atoms with Crippen molar-refractivity contribution in [2.24, 2.45) is 4.99 Å². The second-order valence-corrected chi connectivity index (χ2v) is 4.69. The van der Waals surface area contributed by atoms with Gasteiger partial charge < -0.3 is 16.0 Å². The summed E-state index contributed by atoms with van der Waals surface area (Å²) in [6.07, 6.45) is 3.41. The molecule has 1 aromatic rings. The second-order valence-electron chi connectivity index (χ2n) is 4.69. The average molecular weight is 276 g/mol. The number of benzene rings is 1. The molecule has 0 radical (unpaired) electrons. The number of guanidine groups is 1. The summed E-state index contributed by atoms with van der Waals surface area (Å²) in [7, 11) is 0. The largest absolute Gasteiger partial charge is 0.385 e. The fraction of sp³-hybridized carbons (Fsp3) is 0.562. The summed E-state index contributed by atoms with van der Waals surface area (Å²) >= 11 is 0. The molecule has 0 amide bonds. The number of nitrogens with one attached hydrogen (secondary N) is 3. The summed E-state index contributed by atoms with van der Waals surface area (Å²) in [5.41, 5.74) is 1.17. The molecule has 0 aliphatic heterocycles. The average Bonchev–Trinajstić information content (AvgIpc) is 2.48. The molecular weight excluding hydrogens is 248 g/mol. The van der Waals surface area contributed by atoms with Crippen LogP contribution in [0.3, 0.4) is 0 Å². The SMILES string of the molecule is CCCCNC(=NCCCNc1ccccc1)NCC. The Hall–Kier alpha value is -1.71. The molecule has 1 aromatic carbocycles. The van der Waals surface area contributed by atoms with E-state index in [1.165, 1.54) is 18.5 Å². The third kappa shape index (κ3) is 7.67. The van der Waals surface area contributed by atoms with Crippen molar-refractivity contribution in [1.82, 2.24) is 10.6 Å². The first-order chi connectivity index (χ1) is 9.86. The van der Waals surface area contributed by atoms with Gasteiger partial charge in [0.1, 0.15) is 0 Å². The molecule has 4 nitrogen and oxygen atoms in total. The minimum absolute atomic E-state index is 0.835. The first-order valence-corrected chi connectivity index (χ1v) is 7.68. The van der Waals surface area contributed by atoms with Crippen LogP contribution in [-0.4, -0.2) is 32.1 Å². The minimum Gasteiger partial charge on any atom is -0.385 e. The molecule has 3 N–H and O–H groups in total. The number of para-hydroxylation sites is 1. The van der Waals surface area contributed by atoms with Crippen LogP contribution in [0, 0.1) is 0 Å². The molecule has 0 saturated heterocycles. The highest BCUT2D eigenvalue weighted by molar-refractivity contribution is 5.79. The van der Waals surface area contributed by atoms with Gasteiger partial charge in [-0.15, -0.1) is 0 Å². The maximum Gasteiger partial charge on any atom is 0.191 e. The van der Waals surface area contributed by atoms with Crippen LogP contribution in [0.2, 0.25) is 0 Å². The second kappa shape index (κ2) is 11.1. The lowest BCUT2D eigenvalue weighted by atomic mass is 10.3. The van der Waals surface area contributed by atoms with Crippen molar-refractivity contribution in [2.45, 2.75) is 33.1 Å². The Morgan fingerprint density at radius 1 is 1.00 bits per heavy atom.